The van der Waals surface area contributed by atoms with Gasteiger partial charge in [-0.1, -0.05) is 0 Å². The topological polar surface area (TPSA) is 56.7 Å². The van der Waals surface area contributed by atoms with Crippen molar-refractivity contribution in [3.8, 4) is 0 Å². The minimum atomic E-state index is -0.245. The number of urea groups is 1. The molecule has 30 valence electrons. The average Bonchev–Trinajstić information content (AvgIpc) is 1.38. The standard InChI is InChI=1S/C2H6N2O/c1-4-2(3)5/h1H3,(H3,3,4,5)/p+1. The quantitative estimate of drug-likeness (QED) is 0.364. The van der Waals surface area contributed by atoms with E-state index in [-0.39, 0.29) is 6.03 Å². The van der Waals surface area contributed by atoms with Gasteiger partial charge in [0, 0.05) is 7.05 Å². The molecule has 0 aromatic heterocycles. The fourth-order valence-corrected chi connectivity index (χ4v) is 0. The summed E-state index contributed by atoms with van der Waals surface area (Å²) in [5.74, 6) is 0. The van der Waals surface area contributed by atoms with Gasteiger partial charge in [-0.3, -0.25) is 5.73 Å². The Hall–Kier alpha value is -0.570. The van der Waals surface area contributed by atoms with Gasteiger partial charge in [0.05, 0.1) is 0 Å². The van der Waals surface area contributed by atoms with Crippen LogP contribution < -0.4 is 11.1 Å². The zero-order valence-corrected chi connectivity index (χ0v) is 3.12. The second kappa shape index (κ2) is 1.72. The van der Waals surface area contributed by atoms with E-state index in [1.54, 1.807) is 0 Å². The molecule has 0 aliphatic rings. The number of carbonyl (C=O) groups excluding carboxylic acids is 1. The molecule has 2 amide bonds. The Labute approximate surface area is 30.2 Å². The Balaban J connectivity index is 2.85. The van der Waals surface area contributed by atoms with Gasteiger partial charge in [0.2, 0.25) is 0 Å². The minimum absolute atomic E-state index is 0.245. The third-order valence-electron chi connectivity index (χ3n) is 0.279. The summed E-state index contributed by atoms with van der Waals surface area (Å²) in [5.41, 5.74) is 3.01. The van der Waals surface area contributed by atoms with Gasteiger partial charge < -0.3 is 5.32 Å². The Morgan fingerprint density at radius 3 is 2.20 bits per heavy atom. The van der Waals surface area contributed by atoms with E-state index >= 15 is 0 Å². The molecule has 0 atom stereocenters. The molecule has 3 nitrogen and oxygen atoms in total. The summed E-state index contributed by atoms with van der Waals surface area (Å²) in [6.45, 7) is 0. The molecule has 3 heteroatoms. The number of hydrogen-bond donors (Lipinski definition) is 2. The van der Waals surface area contributed by atoms with Crippen LogP contribution in [0.3, 0.4) is 0 Å². The van der Waals surface area contributed by atoms with E-state index in [4.69, 9.17) is 0 Å². The summed E-state index contributed by atoms with van der Waals surface area (Å²) in [4.78, 5) is 9.59. The fraction of sp³-hybridized carbons (Fsp3) is 0.500. The molecule has 0 fully saturated rings. The van der Waals surface area contributed by atoms with Gasteiger partial charge in [-0.15, -0.1) is 0 Å². The summed E-state index contributed by atoms with van der Waals surface area (Å²) in [7, 11) is 1.54. The van der Waals surface area contributed by atoms with Crippen molar-refractivity contribution in [1.29, 1.82) is 0 Å². The van der Waals surface area contributed by atoms with Crippen LogP contribution in [-0.2, 0) is 0 Å². The first-order valence-electron chi connectivity index (χ1n) is 1.31. The van der Waals surface area contributed by atoms with Crippen LogP contribution in [0.15, 0.2) is 0 Å². The Bertz CT molecular complexity index is 42.9. The van der Waals surface area contributed by atoms with Crippen LogP contribution >= 0.6 is 0 Å². The van der Waals surface area contributed by atoms with Gasteiger partial charge >= 0.3 is 6.03 Å². The zero-order valence-electron chi connectivity index (χ0n) is 3.12. The molecule has 0 aliphatic carbocycles. The third kappa shape index (κ3) is 3.43. The van der Waals surface area contributed by atoms with Crippen LogP contribution in [0.25, 0.3) is 0 Å². The van der Waals surface area contributed by atoms with E-state index in [9.17, 15) is 4.79 Å². The van der Waals surface area contributed by atoms with Crippen LogP contribution in [0.2, 0.25) is 0 Å². The van der Waals surface area contributed by atoms with Crippen molar-refractivity contribution in [3.05, 3.63) is 0 Å². The highest BCUT2D eigenvalue weighted by Gasteiger charge is 1.79. The van der Waals surface area contributed by atoms with E-state index in [2.05, 4.69) is 11.1 Å². The first-order valence-corrected chi connectivity index (χ1v) is 1.31. The van der Waals surface area contributed by atoms with E-state index in [0.717, 1.165) is 0 Å². The highest BCUT2D eigenvalue weighted by Crippen LogP contribution is 1.33. The summed E-state index contributed by atoms with van der Waals surface area (Å²) < 4.78 is 0. The smallest absolute Gasteiger partial charge is 0.309 e. The van der Waals surface area contributed by atoms with Crippen molar-refractivity contribution in [2.75, 3.05) is 7.05 Å². The monoisotopic (exact) mass is 75.1 g/mol. The van der Waals surface area contributed by atoms with E-state index < -0.39 is 0 Å². The number of amides is 2. The molecule has 0 unspecified atom stereocenters. The highest BCUT2D eigenvalue weighted by molar-refractivity contribution is 5.61. The lowest BCUT2D eigenvalue weighted by Crippen LogP contribution is -2.61. The molecule has 0 heterocycles. The highest BCUT2D eigenvalue weighted by atomic mass is 16.2. The van der Waals surface area contributed by atoms with Gasteiger partial charge in [0.25, 0.3) is 0 Å². The van der Waals surface area contributed by atoms with Gasteiger partial charge in [0.1, 0.15) is 0 Å². The van der Waals surface area contributed by atoms with Gasteiger partial charge in [-0.2, -0.15) is 0 Å². The van der Waals surface area contributed by atoms with Crippen molar-refractivity contribution >= 4 is 6.03 Å². The molecule has 0 saturated heterocycles. The first-order chi connectivity index (χ1) is 2.27. The maximum Gasteiger partial charge on any atom is 0.411 e. The largest absolute Gasteiger partial charge is 0.411 e. The summed E-state index contributed by atoms with van der Waals surface area (Å²) in [5, 5.41) is 2.28. The lowest BCUT2D eigenvalue weighted by Gasteiger charge is -1.74. The van der Waals surface area contributed by atoms with Crippen LogP contribution in [0.1, 0.15) is 0 Å². The lowest BCUT2D eigenvalue weighted by atomic mass is 11.1. The van der Waals surface area contributed by atoms with Crippen LogP contribution in [0, 0.1) is 0 Å². The fourth-order valence-electron chi connectivity index (χ4n) is 0. The van der Waals surface area contributed by atoms with Crippen molar-refractivity contribution in [2.24, 2.45) is 0 Å². The Kier molecular flexibility index (Phi) is 1.53. The van der Waals surface area contributed by atoms with Gasteiger partial charge in [-0.25, -0.2) is 4.79 Å². The molecule has 5 heavy (non-hydrogen) atoms. The molecular formula is C2H7N2O+. The Morgan fingerprint density at radius 1 is 2.00 bits per heavy atom. The molecule has 0 rings (SSSR count). The van der Waals surface area contributed by atoms with Crippen LogP contribution in [0.4, 0.5) is 4.79 Å². The molecular weight excluding hydrogens is 68.0 g/mol. The van der Waals surface area contributed by atoms with Crippen molar-refractivity contribution < 1.29 is 10.5 Å². The van der Waals surface area contributed by atoms with E-state index in [1.165, 1.54) is 7.05 Å². The number of nitrogens with one attached hydrogen (secondary N) is 1. The van der Waals surface area contributed by atoms with Crippen LogP contribution in [-0.4, -0.2) is 13.1 Å². The Morgan fingerprint density at radius 2 is 2.20 bits per heavy atom. The normalized spacial score (nSPS) is 6.80. The lowest BCUT2D eigenvalue weighted by molar-refractivity contribution is -0.250. The van der Waals surface area contributed by atoms with Crippen molar-refractivity contribution in [2.45, 2.75) is 0 Å². The maximum absolute atomic E-state index is 9.59. The molecule has 0 spiro atoms. The SMILES string of the molecule is CNC([NH3+])=O. The van der Waals surface area contributed by atoms with Crippen LogP contribution in [0.5, 0.6) is 0 Å². The second-order valence-electron chi connectivity index (χ2n) is 0.673. The summed E-state index contributed by atoms with van der Waals surface area (Å²) >= 11 is 0. The summed E-state index contributed by atoms with van der Waals surface area (Å²) in [6, 6.07) is -0.245. The third-order valence-corrected chi connectivity index (χ3v) is 0.279. The number of carbonyl (C=O) groups is 1. The minimum Gasteiger partial charge on any atom is -0.309 e. The zero-order chi connectivity index (χ0) is 4.28. The molecule has 0 bridgehead atoms. The number of hydrogen-bond acceptors (Lipinski definition) is 1. The number of quaternary nitrogens is 1. The first kappa shape index (κ1) is 4.43. The predicted octanol–water partition coefficient (Wildman–Crippen LogP) is -1.43. The van der Waals surface area contributed by atoms with Gasteiger partial charge in [-0.05, 0) is 0 Å². The van der Waals surface area contributed by atoms with E-state index in [0.29, 0.717) is 0 Å². The van der Waals surface area contributed by atoms with Gasteiger partial charge in [0.15, 0.2) is 0 Å². The molecule has 0 radical (unpaired) electrons. The van der Waals surface area contributed by atoms with Crippen molar-refractivity contribution in [1.82, 2.24) is 5.32 Å². The van der Waals surface area contributed by atoms with Crippen molar-refractivity contribution in [3.63, 3.8) is 0 Å². The average molecular weight is 75.1 g/mol. The maximum atomic E-state index is 9.59. The predicted molar refractivity (Wildman–Crippen MR) is 17.3 cm³/mol. The van der Waals surface area contributed by atoms with E-state index in [1.807, 2.05) is 0 Å². The molecule has 0 saturated carbocycles. The summed E-state index contributed by atoms with van der Waals surface area (Å²) in [6.07, 6.45) is 0. The number of rotatable bonds is 0. The molecule has 0 aromatic rings. The molecule has 0 aromatic carbocycles. The molecule has 0 aliphatic heterocycles. The second-order valence-corrected chi connectivity index (χ2v) is 0.673. The molecule has 4 N–H and O–H groups in total.